The maximum Gasteiger partial charge on any atom is 0.168 e. The van der Waals surface area contributed by atoms with Crippen LogP contribution in [0.1, 0.15) is 6.92 Å². The number of halogens is 1. The number of carbonyl (C=O) groups excluding carboxylic acids is 1. The molecule has 0 fully saturated rings. The summed E-state index contributed by atoms with van der Waals surface area (Å²) in [5, 5.41) is 3.77. The van der Waals surface area contributed by atoms with Crippen molar-refractivity contribution in [3.05, 3.63) is 91.0 Å². The molecule has 0 bridgehead atoms. The Bertz CT molecular complexity index is 676. The number of ketones is 1. The summed E-state index contributed by atoms with van der Waals surface area (Å²) < 4.78 is 0. The van der Waals surface area contributed by atoms with Crippen LogP contribution >= 0.6 is 7.26 Å². The van der Waals surface area contributed by atoms with Gasteiger partial charge in [-0.25, -0.2) is 0 Å². The zero-order chi connectivity index (χ0) is 16.1. The van der Waals surface area contributed by atoms with Crippen LogP contribution in [0.15, 0.2) is 91.0 Å². The minimum absolute atomic E-state index is 0. The van der Waals surface area contributed by atoms with Crippen molar-refractivity contribution in [3.63, 3.8) is 0 Å². The van der Waals surface area contributed by atoms with Crippen molar-refractivity contribution >= 4 is 29.0 Å². The first kappa shape index (κ1) is 18.8. The summed E-state index contributed by atoms with van der Waals surface area (Å²) >= 11 is 0. The molecule has 0 saturated heterocycles. The van der Waals surface area contributed by atoms with Gasteiger partial charge < -0.3 is 24.0 Å². The Morgan fingerprint density at radius 2 is 0.958 bits per heavy atom. The summed E-state index contributed by atoms with van der Waals surface area (Å²) in [6.45, 7) is 1.70. The van der Waals surface area contributed by atoms with Crippen molar-refractivity contribution in [2.45, 2.75) is 6.92 Å². The highest BCUT2D eigenvalue weighted by Crippen LogP contribution is 2.55. The lowest BCUT2D eigenvalue weighted by atomic mass is 10.4. The van der Waals surface area contributed by atoms with Crippen molar-refractivity contribution in [3.8, 4) is 0 Å². The quantitative estimate of drug-likeness (QED) is 0.414. The first-order chi connectivity index (χ1) is 11.2. The van der Waals surface area contributed by atoms with Gasteiger partial charge in [-0.05, 0) is 43.3 Å². The Morgan fingerprint density at radius 1 is 0.667 bits per heavy atom. The van der Waals surface area contributed by atoms with Crippen LogP contribution < -0.4 is 39.9 Å². The lowest BCUT2D eigenvalue weighted by molar-refractivity contribution is -0.114. The molecule has 0 aliphatic carbocycles. The second kappa shape index (κ2) is 8.55. The average molecular weight is 446 g/mol. The molecule has 1 nitrogen and oxygen atoms in total. The molecule has 0 spiro atoms. The molecule has 0 aliphatic rings. The second-order valence-corrected chi connectivity index (χ2v) is 9.16. The summed E-state index contributed by atoms with van der Waals surface area (Å²) in [4.78, 5) is 12.2. The van der Waals surface area contributed by atoms with Crippen molar-refractivity contribution in [2.75, 3.05) is 6.16 Å². The molecule has 0 atom stereocenters. The molecule has 3 heteroatoms. The largest absolute Gasteiger partial charge is 1.00 e. The number of benzene rings is 3. The fourth-order valence-corrected chi connectivity index (χ4v) is 7.26. The van der Waals surface area contributed by atoms with E-state index in [1.807, 2.05) is 18.2 Å². The number of Topliss-reactive ketones (excluding diaryl/α,β-unsaturated/α-hetero) is 1. The van der Waals surface area contributed by atoms with E-state index < -0.39 is 7.26 Å². The van der Waals surface area contributed by atoms with Crippen LogP contribution in [0, 0.1) is 0 Å². The monoisotopic (exact) mass is 446 g/mol. The highest BCUT2D eigenvalue weighted by atomic mass is 127. The third-order valence-electron chi connectivity index (χ3n) is 4.05. The van der Waals surface area contributed by atoms with Gasteiger partial charge in [0.05, 0.1) is 0 Å². The fraction of sp³-hybridized carbons (Fsp3) is 0.0952. The summed E-state index contributed by atoms with van der Waals surface area (Å²) in [6.07, 6.45) is 0.561. The molecule has 0 aliphatic heterocycles. The van der Waals surface area contributed by atoms with E-state index in [-0.39, 0.29) is 29.8 Å². The number of hydrogen-bond acceptors (Lipinski definition) is 1. The van der Waals surface area contributed by atoms with Crippen molar-refractivity contribution < 1.29 is 28.8 Å². The van der Waals surface area contributed by atoms with Crippen LogP contribution in [-0.4, -0.2) is 11.9 Å². The summed E-state index contributed by atoms with van der Waals surface area (Å²) in [7, 11) is -1.96. The van der Waals surface area contributed by atoms with Gasteiger partial charge in [0.2, 0.25) is 0 Å². The number of hydrogen-bond donors (Lipinski definition) is 0. The highest BCUT2D eigenvalue weighted by molar-refractivity contribution is 7.96. The normalized spacial score (nSPS) is 10.7. The Hall–Kier alpha value is -1.51. The van der Waals surface area contributed by atoms with E-state index in [0.717, 1.165) is 0 Å². The molecule has 3 aromatic rings. The molecule has 0 heterocycles. The van der Waals surface area contributed by atoms with Gasteiger partial charge in [-0.1, -0.05) is 54.6 Å². The van der Waals surface area contributed by atoms with Crippen molar-refractivity contribution in [2.24, 2.45) is 0 Å². The average Bonchev–Trinajstić information content (AvgIpc) is 2.62. The van der Waals surface area contributed by atoms with E-state index in [9.17, 15) is 4.79 Å². The summed E-state index contributed by atoms with van der Waals surface area (Å²) in [5.41, 5.74) is 0. The van der Waals surface area contributed by atoms with Crippen LogP contribution in [0.4, 0.5) is 0 Å². The third-order valence-corrected chi connectivity index (χ3v) is 8.51. The van der Waals surface area contributed by atoms with E-state index in [0.29, 0.717) is 6.16 Å². The standard InChI is InChI=1S/C21H20OP.HI/c1-18(22)17-23(19-11-5-2-6-12-19,20-13-7-3-8-14-20)21-15-9-4-10-16-21;/h2-16H,17H2,1H3;1H/q+1;/p-1. The van der Waals surface area contributed by atoms with Gasteiger partial charge in [0.15, 0.2) is 5.78 Å². The van der Waals surface area contributed by atoms with E-state index in [2.05, 4.69) is 72.8 Å². The predicted molar refractivity (Wildman–Crippen MR) is 101 cm³/mol. The smallest absolute Gasteiger partial charge is 0.168 e. The molecule has 0 unspecified atom stereocenters. The van der Waals surface area contributed by atoms with Crippen LogP contribution in [0.25, 0.3) is 0 Å². The Labute approximate surface area is 161 Å². The maximum atomic E-state index is 12.2. The van der Waals surface area contributed by atoms with Gasteiger partial charge in [0.25, 0.3) is 0 Å². The van der Waals surface area contributed by atoms with Crippen LogP contribution in [-0.2, 0) is 4.79 Å². The minimum Gasteiger partial charge on any atom is -1.00 e. The van der Waals surface area contributed by atoms with Crippen molar-refractivity contribution in [1.82, 2.24) is 0 Å². The molecular formula is C21H20IOP. The maximum absolute atomic E-state index is 12.2. The molecule has 122 valence electrons. The highest BCUT2D eigenvalue weighted by Gasteiger charge is 2.46. The topological polar surface area (TPSA) is 17.1 Å². The molecule has 0 radical (unpaired) electrons. The fourth-order valence-electron chi connectivity index (χ4n) is 3.10. The van der Waals surface area contributed by atoms with E-state index in [1.54, 1.807) is 6.92 Å². The van der Waals surface area contributed by atoms with Crippen molar-refractivity contribution in [1.29, 1.82) is 0 Å². The lowest BCUT2D eigenvalue weighted by Crippen LogP contribution is -3.00. The molecular weight excluding hydrogens is 426 g/mol. The third kappa shape index (κ3) is 3.76. The second-order valence-electron chi connectivity index (χ2n) is 5.68. The molecule has 24 heavy (non-hydrogen) atoms. The summed E-state index contributed by atoms with van der Waals surface area (Å²) in [6, 6.07) is 31.5. The SMILES string of the molecule is CC(=O)C[P+](c1ccccc1)(c1ccccc1)c1ccccc1.[I-]. The molecule has 0 amide bonds. The van der Waals surface area contributed by atoms with Gasteiger partial charge in [0.1, 0.15) is 29.3 Å². The Balaban J connectivity index is 0.00000208. The van der Waals surface area contributed by atoms with Gasteiger partial charge in [0, 0.05) is 0 Å². The zero-order valence-electron chi connectivity index (χ0n) is 13.6. The molecule has 3 aromatic carbocycles. The predicted octanol–water partition coefficient (Wildman–Crippen LogP) is 0.573. The first-order valence-corrected chi connectivity index (χ1v) is 9.75. The Morgan fingerprint density at radius 3 is 1.21 bits per heavy atom. The molecule has 0 saturated carbocycles. The molecule has 0 N–H and O–H groups in total. The van der Waals surface area contributed by atoms with Crippen LogP contribution in [0.5, 0.6) is 0 Å². The van der Waals surface area contributed by atoms with Crippen LogP contribution in [0.3, 0.4) is 0 Å². The van der Waals surface area contributed by atoms with Crippen LogP contribution in [0.2, 0.25) is 0 Å². The first-order valence-electron chi connectivity index (χ1n) is 7.78. The van der Waals surface area contributed by atoms with Gasteiger partial charge >= 0.3 is 0 Å². The lowest BCUT2D eigenvalue weighted by Gasteiger charge is -2.26. The molecule has 3 rings (SSSR count). The molecule has 0 aromatic heterocycles. The zero-order valence-corrected chi connectivity index (χ0v) is 16.7. The number of rotatable bonds is 5. The van der Waals surface area contributed by atoms with Gasteiger partial charge in [-0.15, -0.1) is 0 Å². The van der Waals surface area contributed by atoms with E-state index >= 15 is 0 Å². The van der Waals surface area contributed by atoms with E-state index in [1.165, 1.54) is 15.9 Å². The summed E-state index contributed by atoms with van der Waals surface area (Å²) in [5.74, 6) is 0.231. The minimum atomic E-state index is -1.96. The van der Waals surface area contributed by atoms with Gasteiger partial charge in [-0.2, -0.15) is 0 Å². The van der Waals surface area contributed by atoms with E-state index in [4.69, 9.17) is 0 Å². The van der Waals surface area contributed by atoms with Gasteiger partial charge in [-0.3, -0.25) is 4.79 Å². The number of carbonyl (C=O) groups is 1. The Kier molecular flexibility index (Phi) is 6.70.